The zero-order chi connectivity index (χ0) is 21.8. The molecule has 0 atom stereocenters. The summed E-state index contributed by atoms with van der Waals surface area (Å²) < 4.78 is 29.7. The number of amides is 1. The van der Waals surface area contributed by atoms with Crippen molar-refractivity contribution < 1.29 is 17.9 Å². The van der Waals surface area contributed by atoms with Crippen LogP contribution in [0, 0.1) is 0 Å². The van der Waals surface area contributed by atoms with Gasteiger partial charge in [-0.25, -0.2) is 8.42 Å². The van der Waals surface area contributed by atoms with Gasteiger partial charge in [-0.1, -0.05) is 37.1 Å². The third-order valence-electron chi connectivity index (χ3n) is 6.12. The summed E-state index contributed by atoms with van der Waals surface area (Å²) in [5.41, 5.74) is 2.02. The first-order valence-electron chi connectivity index (χ1n) is 10.5. The molecule has 0 radical (unpaired) electrons. The minimum atomic E-state index is -3.30. The molecule has 0 heterocycles. The monoisotopic (exact) mass is 429 g/mol. The molecule has 1 fully saturated rings. The van der Waals surface area contributed by atoms with Crippen LogP contribution in [0.25, 0.3) is 0 Å². The summed E-state index contributed by atoms with van der Waals surface area (Å²) in [6, 6.07) is 14.8. The fraction of sp³-hybridized carbons (Fsp3) is 0.458. The lowest BCUT2D eigenvalue weighted by Crippen LogP contribution is -2.39. The van der Waals surface area contributed by atoms with Gasteiger partial charge in [0.05, 0.1) is 23.7 Å². The van der Waals surface area contributed by atoms with Gasteiger partial charge in [-0.05, 0) is 62.1 Å². The van der Waals surface area contributed by atoms with E-state index in [-0.39, 0.29) is 17.7 Å². The van der Waals surface area contributed by atoms with Gasteiger partial charge < -0.3 is 10.1 Å². The topological polar surface area (TPSA) is 72.5 Å². The summed E-state index contributed by atoms with van der Waals surface area (Å²) in [6.07, 6.45) is 4.67. The lowest BCUT2D eigenvalue weighted by Gasteiger charge is -2.30. The highest BCUT2D eigenvalue weighted by Gasteiger charge is 2.35. The highest BCUT2D eigenvalue weighted by Crippen LogP contribution is 2.41. The predicted molar refractivity (Wildman–Crippen MR) is 119 cm³/mol. The lowest BCUT2D eigenvalue weighted by molar-refractivity contribution is -0.120. The van der Waals surface area contributed by atoms with Gasteiger partial charge in [-0.3, -0.25) is 4.79 Å². The van der Waals surface area contributed by atoms with E-state index in [1.165, 1.54) is 5.56 Å². The van der Waals surface area contributed by atoms with E-state index in [2.05, 4.69) is 17.4 Å². The van der Waals surface area contributed by atoms with Crippen LogP contribution in [0.1, 0.15) is 50.7 Å². The average molecular weight is 430 g/mol. The molecular formula is C24H31NO4S. The van der Waals surface area contributed by atoms with E-state index in [1.54, 1.807) is 45.2 Å². The maximum atomic E-state index is 12.6. The molecule has 1 aliphatic carbocycles. The van der Waals surface area contributed by atoms with Crippen molar-refractivity contribution >= 4 is 15.7 Å². The number of hydrogen-bond acceptors (Lipinski definition) is 4. The quantitative estimate of drug-likeness (QED) is 0.687. The molecule has 0 aromatic heterocycles. The Balaban J connectivity index is 1.64. The van der Waals surface area contributed by atoms with Crippen molar-refractivity contribution in [2.24, 2.45) is 0 Å². The molecule has 6 heteroatoms. The van der Waals surface area contributed by atoms with Crippen LogP contribution in [0.5, 0.6) is 5.75 Å². The third-order valence-corrected chi connectivity index (χ3v) is 8.29. The van der Waals surface area contributed by atoms with E-state index in [0.29, 0.717) is 11.4 Å². The first-order chi connectivity index (χ1) is 14.3. The smallest absolute Gasteiger partial charge is 0.224 e. The highest BCUT2D eigenvalue weighted by atomic mass is 32.2. The summed E-state index contributed by atoms with van der Waals surface area (Å²) in [4.78, 5) is 12.9. The van der Waals surface area contributed by atoms with Gasteiger partial charge in [0.1, 0.15) is 5.75 Å². The first kappa shape index (κ1) is 22.3. The largest absolute Gasteiger partial charge is 0.497 e. The fourth-order valence-corrected chi connectivity index (χ4v) is 5.21. The molecule has 2 aromatic rings. The molecule has 3 rings (SSSR count). The molecular weight excluding hydrogens is 398 g/mol. The molecule has 162 valence electrons. The number of carbonyl (C=O) groups is 1. The zero-order valence-electron chi connectivity index (χ0n) is 18.0. The Hall–Kier alpha value is -2.34. The molecule has 0 bridgehead atoms. The van der Waals surface area contributed by atoms with Gasteiger partial charge in [0.15, 0.2) is 9.84 Å². The molecule has 1 N–H and O–H groups in total. The Labute approximate surface area is 179 Å². The standard InChI is InChI=1S/C24H31NO4S/c1-18(2)30(27,28)22-12-6-19(7-13-22)16-23(26)25-17-24(14-4-5-15-24)20-8-10-21(29-3)11-9-20/h6-13,18H,4-5,14-17H2,1-3H3,(H,25,26). The zero-order valence-corrected chi connectivity index (χ0v) is 18.8. The van der Waals surface area contributed by atoms with E-state index >= 15 is 0 Å². The number of nitrogens with one attached hydrogen (secondary N) is 1. The van der Waals surface area contributed by atoms with Crippen molar-refractivity contribution in [3.63, 3.8) is 0 Å². The van der Waals surface area contributed by atoms with Gasteiger partial charge in [-0.2, -0.15) is 0 Å². The molecule has 0 spiro atoms. The van der Waals surface area contributed by atoms with E-state index in [9.17, 15) is 13.2 Å². The Morgan fingerprint density at radius 3 is 2.17 bits per heavy atom. The molecule has 0 unspecified atom stereocenters. The summed E-state index contributed by atoms with van der Waals surface area (Å²) >= 11 is 0. The molecule has 30 heavy (non-hydrogen) atoms. The number of sulfone groups is 1. The first-order valence-corrected chi connectivity index (χ1v) is 12.1. The Bertz CT molecular complexity index is 957. The van der Waals surface area contributed by atoms with Gasteiger partial charge >= 0.3 is 0 Å². The maximum Gasteiger partial charge on any atom is 0.224 e. The van der Waals surface area contributed by atoms with E-state index in [1.807, 2.05) is 12.1 Å². The van der Waals surface area contributed by atoms with Crippen LogP contribution in [0.3, 0.4) is 0 Å². The number of carbonyl (C=O) groups excluding carboxylic acids is 1. The van der Waals surface area contributed by atoms with Crippen LogP contribution in [-0.4, -0.2) is 33.2 Å². The van der Waals surface area contributed by atoms with E-state index in [0.717, 1.165) is 37.0 Å². The van der Waals surface area contributed by atoms with Crippen LogP contribution >= 0.6 is 0 Å². The SMILES string of the molecule is COc1ccc(C2(CNC(=O)Cc3ccc(S(=O)(=O)C(C)C)cc3)CCCC2)cc1. The van der Waals surface area contributed by atoms with Crippen LogP contribution in [0.4, 0.5) is 0 Å². The lowest BCUT2D eigenvalue weighted by atomic mass is 9.78. The van der Waals surface area contributed by atoms with E-state index < -0.39 is 15.1 Å². The summed E-state index contributed by atoms with van der Waals surface area (Å²) in [5, 5.41) is 2.65. The van der Waals surface area contributed by atoms with Crippen molar-refractivity contribution in [2.45, 2.75) is 61.5 Å². The van der Waals surface area contributed by atoms with Crippen LogP contribution < -0.4 is 10.1 Å². The molecule has 2 aromatic carbocycles. The van der Waals surface area contributed by atoms with Gasteiger partial charge in [-0.15, -0.1) is 0 Å². The normalized spacial score (nSPS) is 15.9. The van der Waals surface area contributed by atoms with Gasteiger partial charge in [0.2, 0.25) is 5.91 Å². The number of hydrogen-bond donors (Lipinski definition) is 1. The minimum absolute atomic E-state index is 0.0306. The van der Waals surface area contributed by atoms with Crippen molar-refractivity contribution in [1.29, 1.82) is 0 Å². The maximum absolute atomic E-state index is 12.6. The summed E-state index contributed by atoms with van der Waals surface area (Å²) in [7, 11) is -1.64. The molecule has 1 saturated carbocycles. The van der Waals surface area contributed by atoms with Crippen molar-refractivity contribution in [1.82, 2.24) is 5.32 Å². The van der Waals surface area contributed by atoms with E-state index in [4.69, 9.17) is 4.74 Å². The molecule has 0 saturated heterocycles. The molecule has 5 nitrogen and oxygen atoms in total. The minimum Gasteiger partial charge on any atom is -0.497 e. The number of methoxy groups -OCH3 is 1. The molecule has 0 aliphatic heterocycles. The Kier molecular flexibility index (Phi) is 6.86. The van der Waals surface area contributed by atoms with Crippen molar-refractivity contribution in [2.75, 3.05) is 13.7 Å². The Morgan fingerprint density at radius 1 is 1.03 bits per heavy atom. The van der Waals surface area contributed by atoms with Gasteiger partial charge in [0, 0.05) is 12.0 Å². The number of rotatable bonds is 8. The second kappa shape index (κ2) is 9.21. The van der Waals surface area contributed by atoms with Crippen LogP contribution in [-0.2, 0) is 26.5 Å². The van der Waals surface area contributed by atoms with Crippen LogP contribution in [0.2, 0.25) is 0 Å². The number of benzene rings is 2. The average Bonchev–Trinajstić information content (AvgIpc) is 3.23. The van der Waals surface area contributed by atoms with Crippen LogP contribution in [0.15, 0.2) is 53.4 Å². The second-order valence-corrected chi connectivity index (χ2v) is 10.9. The summed E-state index contributed by atoms with van der Waals surface area (Å²) in [5.74, 6) is 0.785. The number of ether oxygens (including phenoxy) is 1. The predicted octanol–water partition coefficient (Wildman–Crippen LogP) is 4.05. The fourth-order valence-electron chi connectivity index (χ4n) is 4.15. The summed E-state index contributed by atoms with van der Waals surface area (Å²) in [6.45, 7) is 3.94. The second-order valence-electron chi connectivity index (χ2n) is 8.41. The van der Waals surface area contributed by atoms with Crippen molar-refractivity contribution in [3.05, 3.63) is 59.7 Å². The molecule has 1 amide bonds. The Morgan fingerprint density at radius 2 is 1.63 bits per heavy atom. The molecule has 1 aliphatic rings. The van der Waals surface area contributed by atoms with Gasteiger partial charge in [0.25, 0.3) is 0 Å². The highest BCUT2D eigenvalue weighted by molar-refractivity contribution is 7.92. The van der Waals surface area contributed by atoms with Crippen molar-refractivity contribution in [3.8, 4) is 5.75 Å². The third kappa shape index (κ3) is 4.86.